The first-order valence-electron chi connectivity index (χ1n) is 12.0. The molecule has 1 aromatic carbocycles. The van der Waals surface area contributed by atoms with E-state index in [1.54, 1.807) is 6.92 Å². The molecular formula is C26H34N2O8. The number of amides is 1. The highest BCUT2D eigenvalue weighted by molar-refractivity contribution is 5.98. The van der Waals surface area contributed by atoms with Gasteiger partial charge in [0.25, 0.3) is 5.91 Å². The molecule has 0 saturated carbocycles. The summed E-state index contributed by atoms with van der Waals surface area (Å²) in [5.74, 6) is -1.80. The second-order valence-corrected chi connectivity index (χ2v) is 8.44. The van der Waals surface area contributed by atoms with Crippen LogP contribution in [0.4, 0.5) is 0 Å². The summed E-state index contributed by atoms with van der Waals surface area (Å²) in [5, 5.41) is 12.8. The molecule has 2 heterocycles. The first-order chi connectivity index (χ1) is 17.4. The van der Waals surface area contributed by atoms with E-state index in [-0.39, 0.29) is 24.7 Å². The van der Waals surface area contributed by atoms with Crippen LogP contribution in [0.15, 0.2) is 42.6 Å². The smallest absolute Gasteiger partial charge is 0.331 e. The van der Waals surface area contributed by atoms with E-state index in [9.17, 15) is 14.7 Å². The molecule has 1 saturated heterocycles. The summed E-state index contributed by atoms with van der Waals surface area (Å²) in [6.07, 6.45) is 1.37. The molecule has 1 aliphatic heterocycles. The summed E-state index contributed by atoms with van der Waals surface area (Å²) in [7, 11) is 1.36. The molecule has 3 rings (SSSR count). The highest BCUT2D eigenvalue weighted by Crippen LogP contribution is 2.27. The lowest BCUT2D eigenvalue weighted by Crippen LogP contribution is -2.47. The van der Waals surface area contributed by atoms with Crippen LogP contribution in [0.25, 0.3) is 0 Å². The zero-order chi connectivity index (χ0) is 25.9. The number of aromatic hydroxyl groups is 1. The van der Waals surface area contributed by atoms with Crippen molar-refractivity contribution in [1.82, 2.24) is 10.3 Å². The molecule has 0 spiro atoms. The molecule has 0 unspecified atom stereocenters. The molecule has 1 amide bonds. The van der Waals surface area contributed by atoms with Crippen LogP contribution in [-0.2, 0) is 30.3 Å². The van der Waals surface area contributed by atoms with Gasteiger partial charge in [0.2, 0.25) is 0 Å². The van der Waals surface area contributed by atoms with Gasteiger partial charge in [-0.1, -0.05) is 43.7 Å². The summed E-state index contributed by atoms with van der Waals surface area (Å²) in [6, 6.07) is 10.00. The van der Waals surface area contributed by atoms with Gasteiger partial charge in [-0.25, -0.2) is 9.78 Å². The molecular weight excluding hydrogens is 468 g/mol. The number of aromatic nitrogens is 1. The van der Waals surface area contributed by atoms with Crippen molar-refractivity contribution in [3.63, 3.8) is 0 Å². The van der Waals surface area contributed by atoms with Crippen LogP contribution < -0.4 is 10.1 Å². The Balaban J connectivity index is 1.73. The molecule has 4 atom stereocenters. The zero-order valence-electron chi connectivity index (χ0n) is 20.8. The van der Waals surface area contributed by atoms with E-state index in [4.69, 9.17) is 23.7 Å². The Morgan fingerprint density at radius 1 is 1.19 bits per heavy atom. The summed E-state index contributed by atoms with van der Waals surface area (Å²) < 4.78 is 28.7. The van der Waals surface area contributed by atoms with E-state index in [0.717, 1.165) is 18.4 Å². The molecule has 36 heavy (non-hydrogen) atoms. The number of unbranched alkanes of at least 4 members (excludes halogenated alkanes) is 1. The summed E-state index contributed by atoms with van der Waals surface area (Å²) in [6.45, 7) is 4.58. The number of nitrogens with zero attached hydrogens (tertiary/aromatic N) is 1. The first kappa shape index (κ1) is 27.4. The van der Waals surface area contributed by atoms with Crippen molar-refractivity contribution in [1.29, 1.82) is 0 Å². The van der Waals surface area contributed by atoms with Gasteiger partial charge in [0.05, 0.1) is 26.9 Å². The molecule has 1 fully saturated rings. The zero-order valence-corrected chi connectivity index (χ0v) is 20.8. The average Bonchev–Trinajstić information content (AvgIpc) is 2.93. The van der Waals surface area contributed by atoms with Gasteiger partial charge in [-0.3, -0.25) is 4.79 Å². The summed E-state index contributed by atoms with van der Waals surface area (Å²) >= 11 is 0. The predicted octanol–water partition coefficient (Wildman–Crippen LogP) is 2.63. The Labute approximate surface area is 210 Å². The number of cyclic esters (lactones) is 1. The third-order valence-electron chi connectivity index (χ3n) is 5.72. The number of hydrogen-bond acceptors (Lipinski definition) is 9. The number of methoxy groups -OCH3 is 1. The Morgan fingerprint density at radius 3 is 2.69 bits per heavy atom. The molecule has 10 nitrogen and oxygen atoms in total. The van der Waals surface area contributed by atoms with Crippen LogP contribution in [0.2, 0.25) is 0 Å². The minimum absolute atomic E-state index is 0.0857. The molecule has 0 aliphatic carbocycles. The minimum atomic E-state index is -1.13. The van der Waals surface area contributed by atoms with E-state index in [1.807, 2.05) is 30.3 Å². The highest BCUT2D eigenvalue weighted by atomic mass is 16.6. The maximum absolute atomic E-state index is 12.9. The first-order valence-corrected chi connectivity index (χ1v) is 12.0. The fourth-order valence-corrected chi connectivity index (χ4v) is 3.72. The topological polar surface area (TPSA) is 125 Å². The van der Waals surface area contributed by atoms with E-state index in [2.05, 4.69) is 17.2 Å². The molecule has 1 aromatic heterocycles. The van der Waals surface area contributed by atoms with Gasteiger partial charge in [-0.2, -0.15) is 0 Å². The molecule has 10 heteroatoms. The summed E-state index contributed by atoms with van der Waals surface area (Å²) in [4.78, 5) is 29.6. The molecule has 2 aromatic rings. The van der Waals surface area contributed by atoms with Gasteiger partial charge in [-0.05, 0) is 18.9 Å². The second kappa shape index (κ2) is 13.8. The van der Waals surface area contributed by atoms with Crippen LogP contribution in [0.5, 0.6) is 11.5 Å². The number of hydrogen-bond donors (Lipinski definition) is 2. The number of pyridine rings is 1. The Kier molecular flexibility index (Phi) is 10.5. The van der Waals surface area contributed by atoms with Crippen molar-refractivity contribution in [2.45, 2.75) is 57.6 Å². The lowest BCUT2D eigenvalue weighted by Gasteiger charge is -2.30. The summed E-state index contributed by atoms with van der Waals surface area (Å²) in [5.41, 5.74) is 0.713. The molecule has 0 bridgehead atoms. The second-order valence-electron chi connectivity index (χ2n) is 8.44. The number of nitrogens with one attached hydrogen (secondary N) is 1. The Hall–Kier alpha value is -3.21. The maximum Gasteiger partial charge on any atom is 0.331 e. The largest absolute Gasteiger partial charge is 0.503 e. The predicted molar refractivity (Wildman–Crippen MR) is 130 cm³/mol. The van der Waals surface area contributed by atoms with Gasteiger partial charge in [-0.15, -0.1) is 0 Å². The number of carbonyl (C=O) groups is 2. The number of rotatable bonds is 10. The van der Waals surface area contributed by atoms with E-state index < -0.39 is 42.0 Å². The van der Waals surface area contributed by atoms with Crippen molar-refractivity contribution in [3.8, 4) is 11.5 Å². The monoisotopic (exact) mass is 502 g/mol. The van der Waals surface area contributed by atoms with Crippen molar-refractivity contribution < 1.29 is 38.4 Å². The normalized spacial score (nSPS) is 22.6. The van der Waals surface area contributed by atoms with E-state index in [0.29, 0.717) is 13.2 Å². The molecule has 0 radical (unpaired) electrons. The fourth-order valence-electron chi connectivity index (χ4n) is 3.72. The average molecular weight is 503 g/mol. The number of ether oxygens (including phenoxy) is 5. The number of esters is 1. The van der Waals surface area contributed by atoms with Crippen molar-refractivity contribution in [2.75, 3.05) is 26.9 Å². The van der Waals surface area contributed by atoms with Crippen LogP contribution >= 0.6 is 0 Å². The van der Waals surface area contributed by atoms with Crippen molar-refractivity contribution in [3.05, 3.63) is 53.9 Å². The molecule has 196 valence electrons. The van der Waals surface area contributed by atoms with Gasteiger partial charge in [0.1, 0.15) is 18.3 Å². The standard InChI is InChI=1S/C26H34N2O8/c1-4-5-13-34-24-17(2)36-26(31)19(28-25(30)22-23(29)20(32-3)11-12-27-22)15-33-16-21(24)35-14-18-9-7-6-8-10-18/h6-12,17,19,21,24,29H,4-5,13-16H2,1-3H3,(H,28,30)/t17-,19-,21-,24-/m0/s1. The fraction of sp³-hybridized carbons (Fsp3) is 0.500. The van der Waals surface area contributed by atoms with Gasteiger partial charge < -0.3 is 34.1 Å². The lowest BCUT2D eigenvalue weighted by atomic mass is 10.1. The minimum Gasteiger partial charge on any atom is -0.503 e. The Bertz CT molecular complexity index is 987. The van der Waals surface area contributed by atoms with Gasteiger partial charge in [0, 0.05) is 18.9 Å². The van der Waals surface area contributed by atoms with Gasteiger partial charge in [0.15, 0.2) is 23.2 Å². The highest BCUT2D eigenvalue weighted by Gasteiger charge is 2.36. The Morgan fingerprint density at radius 2 is 1.97 bits per heavy atom. The quantitative estimate of drug-likeness (QED) is 0.372. The van der Waals surface area contributed by atoms with Crippen LogP contribution in [-0.4, -0.2) is 73.3 Å². The van der Waals surface area contributed by atoms with Crippen molar-refractivity contribution in [2.24, 2.45) is 0 Å². The van der Waals surface area contributed by atoms with Crippen LogP contribution in [0.3, 0.4) is 0 Å². The van der Waals surface area contributed by atoms with Gasteiger partial charge >= 0.3 is 5.97 Å². The molecule has 2 N–H and O–H groups in total. The lowest BCUT2D eigenvalue weighted by molar-refractivity contribution is -0.169. The van der Waals surface area contributed by atoms with Crippen LogP contribution in [0, 0.1) is 0 Å². The molecule has 1 aliphatic rings. The van der Waals surface area contributed by atoms with E-state index in [1.165, 1.54) is 19.4 Å². The SMILES string of the molecule is CCCCO[C@H]1[C@H](C)OC(=O)[C@@H](NC(=O)c2nccc(OC)c2O)COC[C@@H]1OCc1ccccc1. The van der Waals surface area contributed by atoms with Crippen LogP contribution in [0.1, 0.15) is 42.7 Å². The van der Waals surface area contributed by atoms with Crippen molar-refractivity contribution >= 4 is 11.9 Å². The third-order valence-corrected chi connectivity index (χ3v) is 5.72. The maximum atomic E-state index is 12.9. The van der Waals surface area contributed by atoms with E-state index >= 15 is 0 Å². The third kappa shape index (κ3) is 7.39. The number of benzene rings is 1. The number of carbonyl (C=O) groups excluding carboxylic acids is 2.